The normalized spacial score (nSPS) is 12.9. The van der Waals surface area contributed by atoms with Crippen LogP contribution in [0.4, 0.5) is 0 Å². The maximum atomic E-state index is 3.54. The summed E-state index contributed by atoms with van der Waals surface area (Å²) < 4.78 is 0. The number of unbranched alkanes of at least 4 members (excludes halogenated alkanes) is 3. The highest BCUT2D eigenvalue weighted by Gasteiger charge is 1.99. The first kappa shape index (κ1) is 15.9. The van der Waals surface area contributed by atoms with Crippen molar-refractivity contribution >= 4 is 0 Å². The fourth-order valence-electron chi connectivity index (χ4n) is 1.80. The van der Waals surface area contributed by atoms with Crippen LogP contribution in [0.1, 0.15) is 65.7 Å². The van der Waals surface area contributed by atoms with E-state index in [4.69, 9.17) is 0 Å². The van der Waals surface area contributed by atoms with Crippen molar-refractivity contribution < 1.29 is 0 Å². The average Bonchev–Trinajstić information content (AvgIpc) is 2.30. The lowest BCUT2D eigenvalue weighted by Gasteiger charge is -2.12. The van der Waals surface area contributed by atoms with Gasteiger partial charge in [-0.15, -0.1) is 0 Å². The summed E-state index contributed by atoms with van der Waals surface area (Å²) in [6, 6.07) is 0.702. The van der Waals surface area contributed by atoms with E-state index in [2.05, 4.69) is 31.4 Å². The number of hydrogen-bond acceptors (Lipinski definition) is 2. The Balaban J connectivity index is 3.02. The maximum absolute atomic E-state index is 3.54. The van der Waals surface area contributed by atoms with Crippen molar-refractivity contribution in [2.45, 2.75) is 71.8 Å². The molecule has 1 unspecified atom stereocenters. The Hall–Kier alpha value is -0.0800. The molecule has 0 heterocycles. The third kappa shape index (κ3) is 12.0. The van der Waals surface area contributed by atoms with Crippen molar-refractivity contribution in [3.8, 4) is 0 Å². The third-order valence-corrected chi connectivity index (χ3v) is 2.94. The van der Waals surface area contributed by atoms with Crippen LogP contribution in [0.15, 0.2) is 0 Å². The van der Waals surface area contributed by atoms with Crippen LogP contribution in [0, 0.1) is 0 Å². The largest absolute Gasteiger partial charge is 0.317 e. The number of nitrogens with one attached hydrogen (secondary N) is 2. The fourth-order valence-corrected chi connectivity index (χ4v) is 1.80. The number of rotatable bonds is 12. The Morgan fingerprint density at radius 2 is 1.56 bits per heavy atom. The monoisotopic (exact) mass is 228 g/mol. The molecule has 1 atom stereocenters. The highest BCUT2D eigenvalue weighted by atomic mass is 14.9. The average molecular weight is 228 g/mol. The molecular weight excluding hydrogens is 196 g/mol. The molecule has 0 bridgehead atoms. The van der Waals surface area contributed by atoms with Gasteiger partial charge in [-0.25, -0.2) is 0 Å². The lowest BCUT2D eigenvalue weighted by atomic mass is 10.1. The van der Waals surface area contributed by atoms with Gasteiger partial charge in [0.05, 0.1) is 0 Å². The van der Waals surface area contributed by atoms with Crippen molar-refractivity contribution in [2.24, 2.45) is 0 Å². The standard InChI is InChI=1S/C14H32N2/c1-4-6-12-15-13-9-7-8-10-14(3)16-11-5-2/h14-16H,4-13H2,1-3H3. The molecule has 0 radical (unpaired) electrons. The Labute approximate surface area is 103 Å². The van der Waals surface area contributed by atoms with E-state index in [0.29, 0.717) is 6.04 Å². The van der Waals surface area contributed by atoms with Crippen LogP contribution in [0.2, 0.25) is 0 Å². The second-order valence-electron chi connectivity index (χ2n) is 4.81. The fraction of sp³-hybridized carbons (Fsp3) is 1.00. The molecule has 2 N–H and O–H groups in total. The first-order valence-electron chi connectivity index (χ1n) is 7.25. The summed E-state index contributed by atoms with van der Waals surface area (Å²) >= 11 is 0. The Morgan fingerprint density at radius 1 is 0.812 bits per heavy atom. The van der Waals surface area contributed by atoms with Crippen LogP contribution in [0.5, 0.6) is 0 Å². The molecule has 2 nitrogen and oxygen atoms in total. The van der Waals surface area contributed by atoms with Gasteiger partial charge >= 0.3 is 0 Å². The molecule has 98 valence electrons. The highest BCUT2D eigenvalue weighted by molar-refractivity contribution is 4.60. The van der Waals surface area contributed by atoms with Gasteiger partial charge in [0.25, 0.3) is 0 Å². The quantitative estimate of drug-likeness (QED) is 0.501. The van der Waals surface area contributed by atoms with E-state index in [-0.39, 0.29) is 0 Å². The SMILES string of the molecule is CCCCNCCCCCC(C)NCCC. The highest BCUT2D eigenvalue weighted by Crippen LogP contribution is 2.02. The summed E-state index contributed by atoms with van der Waals surface area (Å²) in [5.74, 6) is 0. The zero-order valence-electron chi connectivity index (χ0n) is 11.6. The zero-order valence-corrected chi connectivity index (χ0v) is 11.6. The van der Waals surface area contributed by atoms with Gasteiger partial charge in [0.2, 0.25) is 0 Å². The second-order valence-corrected chi connectivity index (χ2v) is 4.81. The predicted octanol–water partition coefficient (Wildman–Crippen LogP) is 3.32. The topological polar surface area (TPSA) is 24.1 Å². The summed E-state index contributed by atoms with van der Waals surface area (Å²) in [6.07, 6.45) is 9.26. The van der Waals surface area contributed by atoms with Crippen molar-refractivity contribution in [3.63, 3.8) is 0 Å². The van der Waals surface area contributed by atoms with Crippen molar-refractivity contribution in [2.75, 3.05) is 19.6 Å². The van der Waals surface area contributed by atoms with E-state index in [1.165, 1.54) is 64.6 Å². The summed E-state index contributed by atoms with van der Waals surface area (Å²) in [4.78, 5) is 0. The summed E-state index contributed by atoms with van der Waals surface area (Å²) in [6.45, 7) is 10.3. The van der Waals surface area contributed by atoms with Crippen molar-refractivity contribution in [1.29, 1.82) is 0 Å². The summed E-state index contributed by atoms with van der Waals surface area (Å²) in [5.41, 5.74) is 0. The molecular formula is C14H32N2. The molecule has 0 aliphatic rings. The molecule has 0 saturated heterocycles. The van der Waals surface area contributed by atoms with Crippen LogP contribution >= 0.6 is 0 Å². The van der Waals surface area contributed by atoms with Gasteiger partial charge in [-0.1, -0.05) is 33.1 Å². The van der Waals surface area contributed by atoms with Crippen molar-refractivity contribution in [1.82, 2.24) is 10.6 Å². The smallest absolute Gasteiger partial charge is 0.00387 e. The Morgan fingerprint density at radius 3 is 2.25 bits per heavy atom. The Kier molecular flexibility index (Phi) is 12.9. The van der Waals surface area contributed by atoms with Crippen LogP contribution in [0.25, 0.3) is 0 Å². The van der Waals surface area contributed by atoms with Gasteiger partial charge in [-0.2, -0.15) is 0 Å². The van der Waals surface area contributed by atoms with Gasteiger partial charge < -0.3 is 10.6 Å². The molecule has 0 fully saturated rings. The van der Waals surface area contributed by atoms with Crippen LogP contribution < -0.4 is 10.6 Å². The molecule has 0 aromatic rings. The molecule has 0 amide bonds. The molecule has 0 aromatic heterocycles. The minimum absolute atomic E-state index is 0.702. The molecule has 0 aromatic carbocycles. The predicted molar refractivity (Wildman–Crippen MR) is 74.0 cm³/mol. The molecule has 2 heteroatoms. The molecule has 0 rings (SSSR count). The van der Waals surface area contributed by atoms with E-state index >= 15 is 0 Å². The van der Waals surface area contributed by atoms with Gasteiger partial charge in [-0.05, 0) is 52.2 Å². The molecule has 0 spiro atoms. The molecule has 16 heavy (non-hydrogen) atoms. The van der Waals surface area contributed by atoms with E-state index in [1.807, 2.05) is 0 Å². The van der Waals surface area contributed by atoms with Crippen molar-refractivity contribution in [3.05, 3.63) is 0 Å². The van der Waals surface area contributed by atoms with Crippen LogP contribution in [-0.4, -0.2) is 25.7 Å². The van der Waals surface area contributed by atoms with Gasteiger partial charge in [0, 0.05) is 6.04 Å². The lowest BCUT2D eigenvalue weighted by Crippen LogP contribution is -2.26. The van der Waals surface area contributed by atoms with E-state index in [9.17, 15) is 0 Å². The van der Waals surface area contributed by atoms with E-state index < -0.39 is 0 Å². The molecule has 0 aliphatic heterocycles. The first-order chi connectivity index (χ1) is 7.81. The molecule has 0 aliphatic carbocycles. The first-order valence-corrected chi connectivity index (χ1v) is 7.25. The van der Waals surface area contributed by atoms with Crippen LogP contribution in [-0.2, 0) is 0 Å². The second kappa shape index (κ2) is 13.0. The molecule has 0 saturated carbocycles. The Bertz CT molecular complexity index is 126. The van der Waals surface area contributed by atoms with Gasteiger partial charge in [-0.3, -0.25) is 0 Å². The lowest BCUT2D eigenvalue weighted by molar-refractivity contribution is 0.479. The minimum Gasteiger partial charge on any atom is -0.317 e. The minimum atomic E-state index is 0.702. The van der Waals surface area contributed by atoms with E-state index in [1.54, 1.807) is 0 Å². The van der Waals surface area contributed by atoms with Gasteiger partial charge in [0.15, 0.2) is 0 Å². The number of hydrogen-bond donors (Lipinski definition) is 2. The maximum Gasteiger partial charge on any atom is 0.00387 e. The zero-order chi connectivity index (χ0) is 12.1. The van der Waals surface area contributed by atoms with E-state index in [0.717, 1.165) is 0 Å². The summed E-state index contributed by atoms with van der Waals surface area (Å²) in [7, 11) is 0. The van der Waals surface area contributed by atoms with Gasteiger partial charge in [0.1, 0.15) is 0 Å². The summed E-state index contributed by atoms with van der Waals surface area (Å²) in [5, 5.41) is 7.03. The third-order valence-electron chi connectivity index (χ3n) is 2.94. The van der Waals surface area contributed by atoms with Crippen LogP contribution in [0.3, 0.4) is 0 Å².